The zero-order valence-electron chi connectivity index (χ0n) is 12.7. The quantitative estimate of drug-likeness (QED) is 0.529. The van der Waals surface area contributed by atoms with E-state index < -0.39 is 0 Å². The Morgan fingerprint density at radius 2 is 2.32 bits per heavy atom. The normalized spacial score (nSPS) is 17.5. The van der Waals surface area contributed by atoms with Gasteiger partial charge in [0, 0.05) is 38.5 Å². The maximum atomic E-state index is 11.8. The molecular formula is C16H23NO4S. The predicted octanol–water partition coefficient (Wildman–Crippen LogP) is 2.27. The van der Waals surface area contributed by atoms with Crippen LogP contribution in [0.15, 0.2) is 17.5 Å². The molecule has 22 heavy (non-hydrogen) atoms. The monoisotopic (exact) mass is 325 g/mol. The van der Waals surface area contributed by atoms with Crippen LogP contribution in [0.5, 0.6) is 0 Å². The first kappa shape index (κ1) is 17.1. The molecule has 1 aromatic heterocycles. The zero-order chi connectivity index (χ0) is 15.6. The Morgan fingerprint density at radius 3 is 3.05 bits per heavy atom. The summed E-state index contributed by atoms with van der Waals surface area (Å²) in [6, 6.07) is 3.63. The molecular weight excluding hydrogens is 302 g/mol. The van der Waals surface area contributed by atoms with Gasteiger partial charge in [0.1, 0.15) is 0 Å². The van der Waals surface area contributed by atoms with E-state index in [9.17, 15) is 9.59 Å². The number of Topliss-reactive ketones (excluding diaryl/α,β-unsaturated/α-hetero) is 1. The topological polar surface area (TPSA) is 64.6 Å². The largest absolute Gasteiger partial charge is 0.381 e. The first-order chi connectivity index (χ1) is 10.8. The molecule has 0 bridgehead atoms. The van der Waals surface area contributed by atoms with E-state index in [1.165, 1.54) is 11.3 Å². The fraction of sp³-hybridized carbons (Fsp3) is 0.625. The lowest BCUT2D eigenvalue weighted by Crippen LogP contribution is -2.25. The van der Waals surface area contributed by atoms with E-state index >= 15 is 0 Å². The Morgan fingerprint density at radius 1 is 1.41 bits per heavy atom. The molecule has 1 aliphatic rings. The smallest absolute Gasteiger partial charge is 0.220 e. The minimum Gasteiger partial charge on any atom is -0.381 e. The average molecular weight is 325 g/mol. The molecule has 1 saturated heterocycles. The van der Waals surface area contributed by atoms with Gasteiger partial charge in [-0.05, 0) is 24.3 Å². The van der Waals surface area contributed by atoms with Crippen molar-refractivity contribution in [2.24, 2.45) is 5.92 Å². The highest BCUT2D eigenvalue weighted by Gasteiger charge is 2.15. The second kappa shape index (κ2) is 9.71. The van der Waals surface area contributed by atoms with Crippen LogP contribution in [0.25, 0.3) is 0 Å². The lowest BCUT2D eigenvalue weighted by atomic mass is 10.1. The van der Waals surface area contributed by atoms with Crippen molar-refractivity contribution < 1.29 is 19.1 Å². The maximum absolute atomic E-state index is 11.8. The minimum atomic E-state index is -0.0749. The van der Waals surface area contributed by atoms with Crippen LogP contribution in [-0.4, -0.2) is 44.7 Å². The second-order valence-corrected chi connectivity index (χ2v) is 6.36. The van der Waals surface area contributed by atoms with Gasteiger partial charge in [-0.15, -0.1) is 11.3 Å². The molecule has 1 N–H and O–H groups in total. The third-order valence-electron chi connectivity index (χ3n) is 3.54. The molecule has 2 heterocycles. The number of nitrogens with one attached hydrogen (secondary N) is 1. The van der Waals surface area contributed by atoms with Crippen LogP contribution < -0.4 is 5.32 Å². The Hall–Kier alpha value is -1.24. The molecule has 0 spiro atoms. The fourth-order valence-corrected chi connectivity index (χ4v) is 2.94. The standard InChI is InChI=1S/C16H23NO4S/c18-14(15-3-1-10-22-15)4-5-16(19)17-7-2-8-20-11-13-6-9-21-12-13/h1,3,10,13H,2,4-9,11-12H2,(H,17,19). The number of hydrogen-bond acceptors (Lipinski definition) is 5. The Balaban J connectivity index is 1.44. The van der Waals surface area contributed by atoms with E-state index in [0.717, 1.165) is 37.5 Å². The summed E-state index contributed by atoms with van der Waals surface area (Å²) in [5, 5.41) is 4.69. The number of hydrogen-bond donors (Lipinski definition) is 1. The summed E-state index contributed by atoms with van der Waals surface area (Å²) in [7, 11) is 0. The highest BCUT2D eigenvalue weighted by Crippen LogP contribution is 2.13. The van der Waals surface area contributed by atoms with E-state index in [2.05, 4.69) is 5.32 Å². The number of carbonyl (C=O) groups excluding carboxylic acids is 2. The molecule has 0 aliphatic carbocycles. The van der Waals surface area contributed by atoms with Gasteiger partial charge < -0.3 is 14.8 Å². The van der Waals surface area contributed by atoms with Crippen molar-refractivity contribution in [3.8, 4) is 0 Å². The molecule has 1 amide bonds. The molecule has 0 aromatic carbocycles. The Kier molecular flexibility index (Phi) is 7.56. The first-order valence-corrected chi connectivity index (χ1v) is 8.62. The zero-order valence-corrected chi connectivity index (χ0v) is 13.5. The highest BCUT2D eigenvalue weighted by atomic mass is 32.1. The predicted molar refractivity (Wildman–Crippen MR) is 85.3 cm³/mol. The van der Waals surface area contributed by atoms with Crippen LogP contribution in [0.2, 0.25) is 0 Å². The number of rotatable bonds is 10. The molecule has 1 aromatic rings. The number of ketones is 1. The lowest BCUT2D eigenvalue weighted by molar-refractivity contribution is -0.121. The van der Waals surface area contributed by atoms with E-state index in [4.69, 9.17) is 9.47 Å². The van der Waals surface area contributed by atoms with Gasteiger partial charge in [0.2, 0.25) is 5.91 Å². The van der Waals surface area contributed by atoms with Crippen molar-refractivity contribution in [2.45, 2.75) is 25.7 Å². The molecule has 0 saturated carbocycles. The molecule has 5 nitrogen and oxygen atoms in total. The summed E-state index contributed by atoms with van der Waals surface area (Å²) in [5.74, 6) is 0.485. The number of amides is 1. The van der Waals surface area contributed by atoms with Gasteiger partial charge in [-0.2, -0.15) is 0 Å². The first-order valence-electron chi connectivity index (χ1n) is 7.74. The van der Waals surface area contributed by atoms with Crippen LogP contribution >= 0.6 is 11.3 Å². The molecule has 122 valence electrons. The van der Waals surface area contributed by atoms with Gasteiger partial charge in [-0.1, -0.05) is 6.07 Å². The Labute approximate surface area is 135 Å². The SMILES string of the molecule is O=C(CCC(=O)c1cccs1)NCCCOCC1CCOC1. The van der Waals surface area contributed by atoms with Crippen molar-refractivity contribution in [1.82, 2.24) is 5.32 Å². The van der Waals surface area contributed by atoms with Crippen LogP contribution in [-0.2, 0) is 14.3 Å². The molecule has 0 radical (unpaired) electrons. The molecule has 1 fully saturated rings. The summed E-state index contributed by atoms with van der Waals surface area (Å²) in [6.45, 7) is 3.62. The van der Waals surface area contributed by atoms with Crippen molar-refractivity contribution in [1.29, 1.82) is 0 Å². The van der Waals surface area contributed by atoms with Crippen molar-refractivity contribution in [3.05, 3.63) is 22.4 Å². The van der Waals surface area contributed by atoms with E-state index in [1.807, 2.05) is 11.4 Å². The Bertz CT molecular complexity index is 455. The summed E-state index contributed by atoms with van der Waals surface area (Å²) < 4.78 is 10.8. The molecule has 6 heteroatoms. The van der Waals surface area contributed by atoms with Gasteiger partial charge in [0.15, 0.2) is 5.78 Å². The summed E-state index contributed by atoms with van der Waals surface area (Å²) in [5.41, 5.74) is 0. The third-order valence-corrected chi connectivity index (χ3v) is 4.45. The van der Waals surface area contributed by atoms with Gasteiger partial charge in [-0.3, -0.25) is 9.59 Å². The molecule has 1 aliphatic heterocycles. The number of thiophene rings is 1. The van der Waals surface area contributed by atoms with Gasteiger partial charge in [0.25, 0.3) is 0 Å². The summed E-state index contributed by atoms with van der Waals surface area (Å²) in [6.07, 6.45) is 2.38. The van der Waals surface area contributed by atoms with E-state index in [0.29, 0.717) is 19.1 Å². The lowest BCUT2D eigenvalue weighted by Gasteiger charge is -2.09. The van der Waals surface area contributed by atoms with Crippen LogP contribution in [0.3, 0.4) is 0 Å². The van der Waals surface area contributed by atoms with Crippen molar-refractivity contribution >= 4 is 23.0 Å². The van der Waals surface area contributed by atoms with E-state index in [1.54, 1.807) is 6.07 Å². The molecule has 1 atom stereocenters. The molecule has 2 rings (SSSR count). The average Bonchev–Trinajstić information content (AvgIpc) is 3.21. The fourth-order valence-electron chi connectivity index (χ4n) is 2.24. The van der Waals surface area contributed by atoms with Crippen molar-refractivity contribution in [2.75, 3.05) is 33.0 Å². The number of carbonyl (C=O) groups is 2. The number of ether oxygens (including phenoxy) is 2. The van der Waals surface area contributed by atoms with Crippen LogP contribution in [0, 0.1) is 5.92 Å². The highest BCUT2D eigenvalue weighted by molar-refractivity contribution is 7.12. The van der Waals surface area contributed by atoms with Gasteiger partial charge >= 0.3 is 0 Å². The van der Waals surface area contributed by atoms with Gasteiger partial charge in [0.05, 0.1) is 18.1 Å². The second-order valence-electron chi connectivity index (χ2n) is 5.41. The van der Waals surface area contributed by atoms with Crippen LogP contribution in [0.1, 0.15) is 35.4 Å². The van der Waals surface area contributed by atoms with E-state index in [-0.39, 0.29) is 24.5 Å². The molecule has 1 unspecified atom stereocenters. The van der Waals surface area contributed by atoms with Crippen LogP contribution in [0.4, 0.5) is 0 Å². The van der Waals surface area contributed by atoms with Gasteiger partial charge in [-0.25, -0.2) is 0 Å². The maximum Gasteiger partial charge on any atom is 0.220 e. The summed E-state index contributed by atoms with van der Waals surface area (Å²) >= 11 is 1.41. The minimum absolute atomic E-state index is 0.0345. The summed E-state index contributed by atoms with van der Waals surface area (Å²) in [4.78, 5) is 24.1. The third kappa shape index (κ3) is 6.25. The van der Waals surface area contributed by atoms with Crippen molar-refractivity contribution in [3.63, 3.8) is 0 Å².